The lowest BCUT2D eigenvalue weighted by Gasteiger charge is -2.10. The average molecular weight is 411 g/mol. The lowest BCUT2D eigenvalue weighted by molar-refractivity contribution is 0.686. The first kappa shape index (κ1) is 20.5. The third kappa shape index (κ3) is 5.62. The second-order valence-electron chi connectivity index (χ2n) is 7.36. The van der Waals surface area contributed by atoms with E-state index < -0.39 is 0 Å². The van der Waals surface area contributed by atoms with Gasteiger partial charge in [-0.1, -0.05) is 18.2 Å². The van der Waals surface area contributed by atoms with Gasteiger partial charge >= 0.3 is 0 Å². The molecule has 156 valence electrons. The second-order valence-corrected chi connectivity index (χ2v) is 7.36. The zero-order valence-electron chi connectivity index (χ0n) is 17.4. The number of pyridine rings is 1. The van der Waals surface area contributed by atoms with E-state index in [1.165, 1.54) is 16.5 Å². The van der Waals surface area contributed by atoms with Crippen LogP contribution in [0.15, 0.2) is 73.1 Å². The number of nitriles is 1. The zero-order valence-corrected chi connectivity index (χ0v) is 17.4. The predicted octanol–water partition coefficient (Wildman–Crippen LogP) is 4.96. The summed E-state index contributed by atoms with van der Waals surface area (Å²) in [5, 5.41) is 20.0. The Hall–Kier alpha value is -3.82. The van der Waals surface area contributed by atoms with Gasteiger partial charge in [-0.2, -0.15) is 5.26 Å². The Kier molecular flexibility index (Phi) is 6.78. The molecule has 0 bridgehead atoms. The van der Waals surface area contributed by atoms with Gasteiger partial charge in [0.2, 0.25) is 0 Å². The molecule has 0 spiro atoms. The Bertz CT molecular complexity index is 1160. The van der Waals surface area contributed by atoms with Crippen LogP contribution in [0, 0.1) is 11.3 Å². The quantitative estimate of drug-likeness (QED) is 0.277. The maximum Gasteiger partial charge on any atom is 0.0635 e. The fourth-order valence-electron chi connectivity index (χ4n) is 3.53. The van der Waals surface area contributed by atoms with Crippen LogP contribution in [0.25, 0.3) is 10.9 Å². The van der Waals surface area contributed by atoms with E-state index in [9.17, 15) is 0 Å². The molecule has 0 aliphatic heterocycles. The first-order valence-corrected chi connectivity index (χ1v) is 10.5. The molecular formula is C25H26N6. The number of rotatable bonds is 10. The van der Waals surface area contributed by atoms with Gasteiger partial charge in [-0.3, -0.25) is 4.98 Å². The normalized spacial score (nSPS) is 10.7. The van der Waals surface area contributed by atoms with Gasteiger partial charge in [0.1, 0.15) is 0 Å². The zero-order chi connectivity index (χ0) is 21.3. The highest BCUT2D eigenvalue weighted by Crippen LogP contribution is 2.21. The van der Waals surface area contributed by atoms with Gasteiger partial charge in [0.05, 0.1) is 11.8 Å². The average Bonchev–Trinajstić information content (AvgIpc) is 3.21. The molecule has 0 aliphatic carbocycles. The molecule has 2 aromatic carbocycles. The minimum atomic E-state index is 0.500. The Balaban J connectivity index is 1.28. The minimum Gasteiger partial charge on any atom is -0.385 e. The molecule has 0 amide bonds. The van der Waals surface area contributed by atoms with Crippen LogP contribution in [0.3, 0.4) is 0 Å². The van der Waals surface area contributed by atoms with Crippen LogP contribution in [0.2, 0.25) is 0 Å². The van der Waals surface area contributed by atoms with Crippen LogP contribution in [-0.4, -0.2) is 23.1 Å². The Morgan fingerprint density at radius 3 is 2.65 bits per heavy atom. The summed E-state index contributed by atoms with van der Waals surface area (Å²) < 4.78 is 0. The molecule has 4 N–H and O–H groups in total. The van der Waals surface area contributed by atoms with Crippen LogP contribution in [0.5, 0.6) is 0 Å². The van der Waals surface area contributed by atoms with Crippen LogP contribution >= 0.6 is 0 Å². The van der Waals surface area contributed by atoms with E-state index in [0.29, 0.717) is 19.5 Å². The van der Waals surface area contributed by atoms with Crippen LogP contribution in [0.4, 0.5) is 17.1 Å². The number of hydrogen-bond acceptors (Lipinski definition) is 5. The summed E-state index contributed by atoms with van der Waals surface area (Å²) in [6, 6.07) is 22.8. The smallest absolute Gasteiger partial charge is 0.0635 e. The van der Waals surface area contributed by atoms with Crippen LogP contribution in [0.1, 0.15) is 17.7 Å². The van der Waals surface area contributed by atoms with Crippen molar-refractivity contribution in [3.63, 3.8) is 0 Å². The van der Waals surface area contributed by atoms with E-state index >= 15 is 0 Å². The summed E-state index contributed by atoms with van der Waals surface area (Å²) in [5.41, 5.74) is 6.58. The summed E-state index contributed by atoms with van der Waals surface area (Å²) >= 11 is 0. The van der Waals surface area contributed by atoms with Crippen molar-refractivity contribution in [1.29, 1.82) is 5.26 Å². The van der Waals surface area contributed by atoms with Gasteiger partial charge in [0.15, 0.2) is 0 Å². The number of H-pyrrole nitrogens is 1. The van der Waals surface area contributed by atoms with Crippen molar-refractivity contribution in [1.82, 2.24) is 15.3 Å². The molecule has 6 heteroatoms. The molecule has 2 heterocycles. The number of nitrogens with one attached hydrogen (secondary N) is 4. The minimum absolute atomic E-state index is 0.500. The Morgan fingerprint density at radius 2 is 1.77 bits per heavy atom. The van der Waals surface area contributed by atoms with Gasteiger partial charge in [-0.25, -0.2) is 0 Å². The van der Waals surface area contributed by atoms with Gasteiger partial charge in [-0.15, -0.1) is 0 Å². The maximum absolute atomic E-state index is 8.60. The highest BCUT2D eigenvalue weighted by atomic mass is 14.9. The number of benzene rings is 2. The number of aromatic amines is 1. The standard InChI is InChI=1S/C25H26N6/c26-12-3-13-27-18-23-16-22(11-15-29-23)31-21-8-6-20(7-9-21)28-14-10-19-17-30-25-5-2-1-4-24(19)25/h1-2,4-9,11,15-17,27-28,30H,3,10,13-14,18H2,(H,29,31). The largest absolute Gasteiger partial charge is 0.385 e. The highest BCUT2D eigenvalue weighted by Gasteiger charge is 2.03. The summed E-state index contributed by atoms with van der Waals surface area (Å²) in [7, 11) is 0. The second kappa shape index (κ2) is 10.3. The van der Waals surface area contributed by atoms with E-state index in [2.05, 4.69) is 86.7 Å². The first-order valence-electron chi connectivity index (χ1n) is 10.5. The fraction of sp³-hybridized carbons (Fsp3) is 0.200. The van der Waals surface area contributed by atoms with Crippen molar-refractivity contribution in [2.24, 2.45) is 0 Å². The summed E-state index contributed by atoms with van der Waals surface area (Å²) in [5.74, 6) is 0. The molecule has 2 aromatic heterocycles. The van der Waals surface area contributed by atoms with Gasteiger partial charge in [0.25, 0.3) is 0 Å². The number of hydrogen-bond donors (Lipinski definition) is 4. The highest BCUT2D eigenvalue weighted by molar-refractivity contribution is 5.83. The number of aromatic nitrogens is 2. The number of fused-ring (bicyclic) bond motifs is 1. The third-order valence-corrected chi connectivity index (χ3v) is 5.11. The molecule has 6 nitrogen and oxygen atoms in total. The van der Waals surface area contributed by atoms with Crippen LogP contribution in [-0.2, 0) is 13.0 Å². The molecule has 0 saturated carbocycles. The van der Waals surface area contributed by atoms with Crippen molar-refractivity contribution in [3.8, 4) is 6.07 Å². The van der Waals surface area contributed by atoms with Gasteiger partial charge in [0, 0.05) is 66.4 Å². The molecule has 0 fully saturated rings. The van der Waals surface area contributed by atoms with E-state index in [1.54, 1.807) is 6.20 Å². The van der Waals surface area contributed by atoms with E-state index in [4.69, 9.17) is 5.26 Å². The molecule has 4 rings (SSSR count). The fourth-order valence-corrected chi connectivity index (χ4v) is 3.53. The van der Waals surface area contributed by atoms with E-state index in [0.717, 1.165) is 35.7 Å². The Morgan fingerprint density at radius 1 is 0.935 bits per heavy atom. The first-order chi connectivity index (χ1) is 15.3. The summed E-state index contributed by atoms with van der Waals surface area (Å²) in [4.78, 5) is 7.70. The summed E-state index contributed by atoms with van der Waals surface area (Å²) in [6.45, 7) is 2.20. The molecule has 0 aliphatic rings. The van der Waals surface area contributed by atoms with Crippen molar-refractivity contribution in [2.75, 3.05) is 23.7 Å². The number of para-hydroxylation sites is 1. The van der Waals surface area contributed by atoms with E-state index in [-0.39, 0.29) is 0 Å². The lowest BCUT2D eigenvalue weighted by atomic mass is 10.1. The molecule has 31 heavy (non-hydrogen) atoms. The molecule has 0 unspecified atom stereocenters. The Labute approximate surface area is 182 Å². The molecular weight excluding hydrogens is 384 g/mol. The summed E-state index contributed by atoms with van der Waals surface area (Å²) in [6.07, 6.45) is 5.36. The third-order valence-electron chi connectivity index (χ3n) is 5.11. The van der Waals surface area contributed by atoms with Crippen molar-refractivity contribution in [3.05, 3.63) is 84.3 Å². The van der Waals surface area contributed by atoms with Gasteiger partial charge in [-0.05, 0) is 54.4 Å². The predicted molar refractivity (Wildman–Crippen MR) is 126 cm³/mol. The molecule has 0 saturated heterocycles. The lowest BCUT2D eigenvalue weighted by Crippen LogP contribution is -2.15. The monoisotopic (exact) mass is 410 g/mol. The van der Waals surface area contributed by atoms with Gasteiger partial charge < -0.3 is 20.9 Å². The topological polar surface area (TPSA) is 88.6 Å². The maximum atomic E-state index is 8.60. The molecule has 4 aromatic rings. The van der Waals surface area contributed by atoms with Crippen molar-refractivity contribution < 1.29 is 0 Å². The molecule has 0 atom stereocenters. The van der Waals surface area contributed by atoms with Crippen molar-refractivity contribution >= 4 is 28.0 Å². The number of nitrogens with zero attached hydrogens (tertiary/aromatic N) is 2. The van der Waals surface area contributed by atoms with Crippen LogP contribution < -0.4 is 16.0 Å². The number of anilines is 3. The SMILES string of the molecule is N#CCCNCc1cc(Nc2ccc(NCCc3c[nH]c4ccccc34)cc2)ccn1. The molecule has 0 radical (unpaired) electrons. The van der Waals surface area contributed by atoms with E-state index in [1.807, 2.05) is 12.1 Å². The van der Waals surface area contributed by atoms with Crippen molar-refractivity contribution in [2.45, 2.75) is 19.4 Å².